The van der Waals surface area contributed by atoms with Gasteiger partial charge >= 0.3 is 5.97 Å². The maximum atomic E-state index is 11.1. The molecule has 0 bridgehead atoms. The van der Waals surface area contributed by atoms with Gasteiger partial charge in [0.2, 0.25) is 4.77 Å². The van der Waals surface area contributed by atoms with Gasteiger partial charge in [0.25, 0.3) is 0 Å². The lowest BCUT2D eigenvalue weighted by molar-refractivity contribution is -0.141. The van der Waals surface area contributed by atoms with Crippen molar-refractivity contribution in [1.29, 1.82) is 0 Å². The monoisotopic (exact) mass is 297 g/mol. The average molecular weight is 297 g/mol. The Kier molecular flexibility index (Phi) is 3.84. The molecule has 4 unspecified atom stereocenters. The van der Waals surface area contributed by atoms with Gasteiger partial charge in [-0.2, -0.15) is 4.80 Å². The highest BCUT2D eigenvalue weighted by Crippen LogP contribution is 2.38. The van der Waals surface area contributed by atoms with Crippen molar-refractivity contribution in [3.8, 4) is 0 Å². The van der Waals surface area contributed by atoms with E-state index in [2.05, 4.69) is 20.7 Å². The summed E-state index contributed by atoms with van der Waals surface area (Å²) < 4.78 is 0.409. The fraction of sp³-hybridized carbons (Fsp3) is 0.833. The van der Waals surface area contributed by atoms with Gasteiger partial charge in [-0.1, -0.05) is 5.10 Å². The maximum absolute atomic E-state index is 11.1. The molecule has 1 aromatic rings. The molecule has 1 aliphatic heterocycles. The molecule has 1 aliphatic carbocycles. The van der Waals surface area contributed by atoms with Crippen molar-refractivity contribution in [2.75, 3.05) is 6.54 Å². The molecule has 4 atom stereocenters. The molecule has 1 aromatic heterocycles. The van der Waals surface area contributed by atoms with Crippen LogP contribution in [0.25, 0.3) is 0 Å². The highest BCUT2D eigenvalue weighted by Gasteiger charge is 2.37. The van der Waals surface area contributed by atoms with Gasteiger partial charge in [-0.15, -0.1) is 0 Å². The number of carboxylic acids is 1. The summed E-state index contributed by atoms with van der Waals surface area (Å²) in [5, 5.41) is 22.9. The van der Waals surface area contributed by atoms with E-state index in [1.807, 2.05) is 0 Å². The summed E-state index contributed by atoms with van der Waals surface area (Å²) in [7, 11) is 0. The zero-order valence-electron chi connectivity index (χ0n) is 11.2. The third-order valence-corrected chi connectivity index (χ3v) is 4.78. The van der Waals surface area contributed by atoms with E-state index >= 15 is 0 Å². The molecule has 2 fully saturated rings. The molecule has 7 nitrogen and oxygen atoms in total. The largest absolute Gasteiger partial charge is 0.480 e. The number of nitrogens with zero attached hydrogens (tertiary/aromatic N) is 3. The van der Waals surface area contributed by atoms with Crippen LogP contribution in [-0.4, -0.2) is 43.9 Å². The summed E-state index contributed by atoms with van der Waals surface area (Å²) in [6, 6.07) is -0.382. The van der Waals surface area contributed by atoms with Crippen LogP contribution in [-0.2, 0) is 11.3 Å². The van der Waals surface area contributed by atoms with Crippen molar-refractivity contribution in [3.63, 3.8) is 0 Å². The van der Waals surface area contributed by atoms with Gasteiger partial charge in [-0.25, -0.2) is 0 Å². The molecule has 3 rings (SSSR count). The van der Waals surface area contributed by atoms with Crippen LogP contribution in [0.2, 0.25) is 0 Å². The minimum absolute atomic E-state index is 0.382. The Balaban J connectivity index is 1.61. The molecule has 2 heterocycles. The number of aromatic nitrogens is 4. The lowest BCUT2D eigenvalue weighted by Crippen LogP contribution is -2.49. The van der Waals surface area contributed by atoms with E-state index in [-0.39, 0.29) is 6.04 Å². The zero-order valence-corrected chi connectivity index (χ0v) is 12.0. The van der Waals surface area contributed by atoms with Crippen molar-refractivity contribution in [1.82, 2.24) is 25.5 Å². The second-order valence-electron chi connectivity index (χ2n) is 5.92. The predicted molar refractivity (Wildman–Crippen MR) is 73.6 cm³/mol. The van der Waals surface area contributed by atoms with Crippen molar-refractivity contribution >= 4 is 18.2 Å². The van der Waals surface area contributed by atoms with Crippen LogP contribution in [0.4, 0.5) is 0 Å². The van der Waals surface area contributed by atoms with E-state index in [1.54, 1.807) is 4.80 Å². The fourth-order valence-electron chi connectivity index (χ4n) is 3.59. The first-order chi connectivity index (χ1) is 9.61. The lowest BCUT2D eigenvalue weighted by Gasteiger charge is -2.41. The first kappa shape index (κ1) is 13.7. The predicted octanol–water partition coefficient (Wildman–Crippen LogP) is 0.815. The van der Waals surface area contributed by atoms with E-state index in [4.69, 9.17) is 17.3 Å². The van der Waals surface area contributed by atoms with E-state index in [0.717, 1.165) is 38.8 Å². The summed E-state index contributed by atoms with van der Waals surface area (Å²) in [6.45, 7) is 1.62. The number of nitrogens with one attached hydrogen (secondary N) is 2. The topological polar surface area (TPSA) is 95.8 Å². The quantitative estimate of drug-likeness (QED) is 0.715. The molecule has 0 aromatic carbocycles. The van der Waals surface area contributed by atoms with E-state index in [9.17, 15) is 4.79 Å². The number of aliphatic carboxylic acids is 1. The van der Waals surface area contributed by atoms with Gasteiger partial charge in [0.15, 0.2) is 0 Å². The number of rotatable bonds is 3. The van der Waals surface area contributed by atoms with Crippen LogP contribution in [0.3, 0.4) is 0 Å². The normalized spacial score (nSPS) is 33.6. The maximum Gasteiger partial charge on any atom is 0.320 e. The first-order valence-corrected chi connectivity index (χ1v) is 7.48. The smallest absolute Gasteiger partial charge is 0.320 e. The number of hydrogen-bond acceptors (Lipinski definition) is 5. The number of piperidine rings is 1. The number of tetrazole rings is 1. The molecule has 0 spiro atoms. The van der Waals surface area contributed by atoms with E-state index in [0.29, 0.717) is 22.5 Å². The Morgan fingerprint density at radius 2 is 2.25 bits per heavy atom. The fourth-order valence-corrected chi connectivity index (χ4v) is 3.73. The van der Waals surface area contributed by atoms with Gasteiger partial charge in [-0.05, 0) is 67.4 Å². The molecule has 1 saturated heterocycles. The molecule has 110 valence electrons. The molecule has 8 heteroatoms. The van der Waals surface area contributed by atoms with E-state index in [1.165, 1.54) is 0 Å². The minimum atomic E-state index is -0.731. The van der Waals surface area contributed by atoms with Crippen LogP contribution in [0.5, 0.6) is 0 Å². The summed E-state index contributed by atoms with van der Waals surface area (Å²) in [5.74, 6) is 0.917. The Morgan fingerprint density at radius 1 is 1.40 bits per heavy atom. The number of aromatic amines is 1. The van der Waals surface area contributed by atoms with E-state index < -0.39 is 5.97 Å². The number of carboxylic acid groups (broad SMARTS) is 1. The second kappa shape index (κ2) is 5.61. The zero-order chi connectivity index (χ0) is 14.1. The standard InChI is InChI=1S/C12H19N5O2S/c18-11(19)10-4-9-3-7(1-2-8(9)5-13-10)6-17-15-12(20)14-16-17/h7-10,13H,1-6H2,(H,15,20)(H,18,19). The van der Waals surface area contributed by atoms with Crippen molar-refractivity contribution in [2.45, 2.75) is 38.3 Å². The van der Waals surface area contributed by atoms with Crippen LogP contribution < -0.4 is 5.32 Å². The molecular weight excluding hydrogens is 278 g/mol. The van der Waals surface area contributed by atoms with Crippen LogP contribution in [0.1, 0.15) is 25.7 Å². The summed E-state index contributed by atoms with van der Waals surface area (Å²) in [5.41, 5.74) is 0. The highest BCUT2D eigenvalue weighted by molar-refractivity contribution is 7.71. The second-order valence-corrected chi connectivity index (χ2v) is 6.31. The van der Waals surface area contributed by atoms with Crippen LogP contribution in [0, 0.1) is 22.5 Å². The molecule has 2 aliphatic rings. The lowest BCUT2D eigenvalue weighted by atomic mass is 9.69. The van der Waals surface area contributed by atoms with Crippen LogP contribution in [0.15, 0.2) is 0 Å². The Hall–Kier alpha value is -1.28. The highest BCUT2D eigenvalue weighted by atomic mass is 32.1. The number of fused-ring (bicyclic) bond motifs is 1. The first-order valence-electron chi connectivity index (χ1n) is 7.08. The molecule has 0 radical (unpaired) electrons. The molecule has 1 saturated carbocycles. The molecule has 0 amide bonds. The van der Waals surface area contributed by atoms with Gasteiger partial charge in [0, 0.05) is 0 Å². The average Bonchev–Trinajstić information content (AvgIpc) is 2.83. The summed E-state index contributed by atoms with van der Waals surface area (Å²) in [6.07, 6.45) is 4.12. The number of hydrogen-bond donors (Lipinski definition) is 3. The number of H-pyrrole nitrogens is 1. The Morgan fingerprint density at radius 3 is 2.95 bits per heavy atom. The van der Waals surface area contributed by atoms with Gasteiger partial charge in [-0.3, -0.25) is 9.89 Å². The molecular formula is C12H19N5O2S. The van der Waals surface area contributed by atoms with Crippen molar-refractivity contribution in [2.24, 2.45) is 17.8 Å². The van der Waals surface area contributed by atoms with Crippen molar-refractivity contribution < 1.29 is 9.90 Å². The SMILES string of the molecule is O=C(O)C1CC2CC(Cn3nnc(=S)[nH]3)CCC2CN1. The molecule has 20 heavy (non-hydrogen) atoms. The molecule has 3 N–H and O–H groups in total. The Bertz CT molecular complexity index is 542. The summed E-state index contributed by atoms with van der Waals surface area (Å²) >= 11 is 4.91. The minimum Gasteiger partial charge on any atom is -0.480 e. The van der Waals surface area contributed by atoms with Gasteiger partial charge in [0.1, 0.15) is 6.04 Å². The number of carbonyl (C=O) groups is 1. The van der Waals surface area contributed by atoms with Crippen molar-refractivity contribution in [3.05, 3.63) is 4.77 Å². The van der Waals surface area contributed by atoms with Gasteiger partial charge in [0.05, 0.1) is 6.54 Å². The van der Waals surface area contributed by atoms with Gasteiger partial charge < -0.3 is 10.4 Å². The summed E-state index contributed by atoms with van der Waals surface area (Å²) in [4.78, 5) is 12.8. The Labute approximate surface area is 121 Å². The van der Waals surface area contributed by atoms with Crippen LogP contribution >= 0.6 is 12.2 Å². The third-order valence-electron chi connectivity index (χ3n) is 4.61. The third kappa shape index (κ3) is 2.90.